The third kappa shape index (κ3) is 4.28. The van der Waals surface area contributed by atoms with Crippen LogP contribution in [0.25, 0.3) is 0 Å². The van der Waals surface area contributed by atoms with Crippen LogP contribution in [-0.2, 0) is 6.54 Å². The Morgan fingerprint density at radius 3 is 2.73 bits per heavy atom. The first-order valence-corrected chi connectivity index (χ1v) is 5.63. The van der Waals surface area contributed by atoms with E-state index < -0.39 is 0 Å². The summed E-state index contributed by atoms with van der Waals surface area (Å²) in [7, 11) is 0. The van der Waals surface area contributed by atoms with Gasteiger partial charge in [0.25, 0.3) is 0 Å². The van der Waals surface area contributed by atoms with Gasteiger partial charge in [-0.15, -0.1) is 0 Å². The van der Waals surface area contributed by atoms with Gasteiger partial charge >= 0.3 is 5.69 Å². The van der Waals surface area contributed by atoms with E-state index in [0.29, 0.717) is 0 Å². The molecular weight excluding hydrogens is 188 g/mol. The van der Waals surface area contributed by atoms with Gasteiger partial charge in [-0.25, -0.2) is 4.79 Å². The lowest BCUT2D eigenvalue weighted by Crippen LogP contribution is -2.22. The Hall–Kier alpha value is -1.12. The van der Waals surface area contributed by atoms with Crippen molar-refractivity contribution in [1.29, 1.82) is 0 Å². The summed E-state index contributed by atoms with van der Waals surface area (Å²) in [6, 6.07) is 1.88. The molecule has 1 heterocycles. The molecule has 1 aromatic heterocycles. The molecule has 0 spiro atoms. The van der Waals surface area contributed by atoms with Crippen molar-refractivity contribution in [3.05, 3.63) is 28.4 Å². The number of hydrogen-bond donors (Lipinski definition) is 0. The first kappa shape index (κ1) is 12.0. The molecule has 0 aliphatic carbocycles. The van der Waals surface area contributed by atoms with Crippen LogP contribution in [-0.4, -0.2) is 9.55 Å². The van der Waals surface area contributed by atoms with Crippen LogP contribution in [0.4, 0.5) is 0 Å². The van der Waals surface area contributed by atoms with Crippen molar-refractivity contribution in [2.75, 3.05) is 0 Å². The first-order chi connectivity index (χ1) is 7.09. The van der Waals surface area contributed by atoms with E-state index in [1.165, 1.54) is 12.8 Å². The maximum Gasteiger partial charge on any atom is 0.347 e. The Kier molecular flexibility index (Phi) is 4.53. The van der Waals surface area contributed by atoms with Gasteiger partial charge in [0.2, 0.25) is 0 Å². The SMILES string of the molecule is Cc1ccn(CCCCC(C)C)c(=O)n1. The summed E-state index contributed by atoms with van der Waals surface area (Å²) >= 11 is 0. The lowest BCUT2D eigenvalue weighted by Gasteiger charge is -2.06. The average molecular weight is 208 g/mol. The molecule has 0 fully saturated rings. The third-order valence-corrected chi connectivity index (χ3v) is 2.44. The van der Waals surface area contributed by atoms with Crippen molar-refractivity contribution >= 4 is 0 Å². The molecule has 15 heavy (non-hydrogen) atoms. The second-order valence-electron chi connectivity index (χ2n) is 4.43. The molecular formula is C12H20N2O. The van der Waals surface area contributed by atoms with Gasteiger partial charge in [0.15, 0.2) is 0 Å². The average Bonchev–Trinajstić information content (AvgIpc) is 2.14. The van der Waals surface area contributed by atoms with E-state index in [0.717, 1.165) is 24.6 Å². The highest BCUT2D eigenvalue weighted by molar-refractivity contribution is 4.95. The Morgan fingerprint density at radius 2 is 2.13 bits per heavy atom. The van der Waals surface area contributed by atoms with E-state index in [1.54, 1.807) is 4.57 Å². The molecule has 1 rings (SSSR count). The molecule has 3 heteroatoms. The maximum absolute atomic E-state index is 11.4. The van der Waals surface area contributed by atoms with Crippen LogP contribution in [0.1, 0.15) is 38.8 Å². The largest absolute Gasteiger partial charge is 0.347 e. The minimum Gasteiger partial charge on any atom is -0.299 e. The summed E-state index contributed by atoms with van der Waals surface area (Å²) in [5, 5.41) is 0. The summed E-state index contributed by atoms with van der Waals surface area (Å²) in [5.41, 5.74) is 0.665. The van der Waals surface area contributed by atoms with Gasteiger partial charge in [-0.2, -0.15) is 4.98 Å². The van der Waals surface area contributed by atoms with E-state index in [9.17, 15) is 4.79 Å². The zero-order chi connectivity index (χ0) is 11.3. The highest BCUT2D eigenvalue weighted by Gasteiger charge is 1.98. The quantitative estimate of drug-likeness (QED) is 0.696. The summed E-state index contributed by atoms with van der Waals surface area (Å²) < 4.78 is 1.69. The maximum atomic E-state index is 11.4. The Morgan fingerprint density at radius 1 is 1.40 bits per heavy atom. The van der Waals surface area contributed by atoms with E-state index in [-0.39, 0.29) is 5.69 Å². The van der Waals surface area contributed by atoms with E-state index in [2.05, 4.69) is 18.8 Å². The molecule has 0 radical (unpaired) electrons. The van der Waals surface area contributed by atoms with Gasteiger partial charge in [-0.05, 0) is 25.3 Å². The minimum absolute atomic E-state index is 0.125. The van der Waals surface area contributed by atoms with Crippen LogP contribution in [0, 0.1) is 12.8 Å². The molecule has 1 aromatic rings. The molecule has 0 amide bonds. The summed E-state index contributed by atoms with van der Waals surface area (Å²) in [6.07, 6.45) is 5.30. The fraction of sp³-hybridized carbons (Fsp3) is 0.667. The topological polar surface area (TPSA) is 34.9 Å². The lowest BCUT2D eigenvalue weighted by atomic mass is 10.1. The van der Waals surface area contributed by atoms with Crippen molar-refractivity contribution in [2.45, 2.75) is 46.6 Å². The van der Waals surface area contributed by atoms with Crippen LogP contribution in [0.2, 0.25) is 0 Å². The normalized spacial score (nSPS) is 10.9. The van der Waals surface area contributed by atoms with Crippen LogP contribution in [0.3, 0.4) is 0 Å². The molecule has 0 aliphatic rings. The Labute approximate surface area is 91.2 Å². The molecule has 0 saturated carbocycles. The first-order valence-electron chi connectivity index (χ1n) is 5.63. The number of aromatic nitrogens is 2. The minimum atomic E-state index is -0.125. The van der Waals surface area contributed by atoms with Gasteiger partial charge in [-0.3, -0.25) is 4.57 Å². The van der Waals surface area contributed by atoms with Crippen molar-refractivity contribution < 1.29 is 0 Å². The van der Waals surface area contributed by atoms with Crippen LogP contribution in [0.15, 0.2) is 17.1 Å². The van der Waals surface area contributed by atoms with Crippen molar-refractivity contribution in [2.24, 2.45) is 5.92 Å². The van der Waals surface area contributed by atoms with Gasteiger partial charge < -0.3 is 0 Å². The monoisotopic (exact) mass is 208 g/mol. The zero-order valence-corrected chi connectivity index (χ0v) is 9.86. The molecule has 0 atom stereocenters. The van der Waals surface area contributed by atoms with Gasteiger partial charge in [0.1, 0.15) is 0 Å². The van der Waals surface area contributed by atoms with Crippen molar-refractivity contribution in [1.82, 2.24) is 9.55 Å². The number of aryl methyl sites for hydroxylation is 2. The molecule has 0 N–H and O–H groups in total. The molecule has 0 aliphatic heterocycles. The highest BCUT2D eigenvalue weighted by atomic mass is 16.1. The van der Waals surface area contributed by atoms with Crippen molar-refractivity contribution in [3.8, 4) is 0 Å². The zero-order valence-electron chi connectivity index (χ0n) is 9.86. The smallest absolute Gasteiger partial charge is 0.299 e. The number of nitrogens with zero attached hydrogens (tertiary/aromatic N) is 2. The third-order valence-electron chi connectivity index (χ3n) is 2.44. The van der Waals surface area contributed by atoms with Crippen LogP contribution < -0.4 is 5.69 Å². The molecule has 0 bridgehead atoms. The van der Waals surface area contributed by atoms with E-state index in [1.807, 2.05) is 19.2 Å². The molecule has 3 nitrogen and oxygen atoms in total. The standard InChI is InChI=1S/C12H20N2O/c1-10(2)6-4-5-8-14-9-7-11(3)13-12(14)15/h7,9-10H,4-6,8H2,1-3H3. The molecule has 0 aromatic carbocycles. The number of rotatable bonds is 5. The fourth-order valence-corrected chi connectivity index (χ4v) is 1.52. The number of hydrogen-bond acceptors (Lipinski definition) is 2. The van der Waals surface area contributed by atoms with Crippen LogP contribution >= 0.6 is 0 Å². The van der Waals surface area contributed by atoms with Gasteiger partial charge in [0, 0.05) is 18.4 Å². The lowest BCUT2D eigenvalue weighted by molar-refractivity contribution is 0.501. The Bertz CT molecular complexity index is 355. The van der Waals surface area contributed by atoms with Crippen LogP contribution in [0.5, 0.6) is 0 Å². The Balaban J connectivity index is 2.41. The molecule has 84 valence electrons. The predicted octanol–water partition coefficient (Wildman–Crippen LogP) is 2.38. The highest BCUT2D eigenvalue weighted by Crippen LogP contribution is 2.06. The fourth-order valence-electron chi connectivity index (χ4n) is 1.52. The molecule has 0 saturated heterocycles. The van der Waals surface area contributed by atoms with E-state index in [4.69, 9.17) is 0 Å². The summed E-state index contributed by atoms with van der Waals surface area (Å²) in [5.74, 6) is 0.748. The van der Waals surface area contributed by atoms with Gasteiger partial charge in [-0.1, -0.05) is 26.7 Å². The van der Waals surface area contributed by atoms with Gasteiger partial charge in [0.05, 0.1) is 0 Å². The van der Waals surface area contributed by atoms with Crippen molar-refractivity contribution in [3.63, 3.8) is 0 Å². The van der Waals surface area contributed by atoms with E-state index >= 15 is 0 Å². The summed E-state index contributed by atoms with van der Waals surface area (Å²) in [4.78, 5) is 15.3. The predicted molar refractivity (Wildman–Crippen MR) is 61.9 cm³/mol. The summed E-state index contributed by atoms with van der Waals surface area (Å²) in [6.45, 7) is 7.07. The second-order valence-corrected chi connectivity index (χ2v) is 4.43. The number of unbranched alkanes of at least 4 members (excludes halogenated alkanes) is 1. The second kappa shape index (κ2) is 5.69. The molecule has 0 unspecified atom stereocenters.